The number of piperidine rings is 1. The molecule has 3 rings (SSSR count). The zero-order chi connectivity index (χ0) is 17.1. The summed E-state index contributed by atoms with van der Waals surface area (Å²) in [7, 11) is 0. The zero-order valence-corrected chi connectivity index (χ0v) is 13.8. The van der Waals surface area contributed by atoms with Gasteiger partial charge in [0.05, 0.1) is 6.54 Å². The van der Waals surface area contributed by atoms with Gasteiger partial charge in [-0.05, 0) is 44.0 Å². The first-order valence-electron chi connectivity index (χ1n) is 8.58. The number of primary amides is 1. The number of nitrogens with zero attached hydrogens (tertiary/aromatic N) is 2. The van der Waals surface area contributed by atoms with E-state index in [2.05, 4.69) is 0 Å². The molecule has 0 saturated carbocycles. The number of hydrogen-bond donors (Lipinski definition) is 1. The van der Waals surface area contributed by atoms with Gasteiger partial charge in [-0.25, -0.2) is 4.39 Å². The average Bonchev–Trinajstić information content (AvgIpc) is 3.04. The van der Waals surface area contributed by atoms with E-state index < -0.39 is 0 Å². The second-order valence-electron chi connectivity index (χ2n) is 6.81. The van der Waals surface area contributed by atoms with Gasteiger partial charge in [0.1, 0.15) is 5.82 Å². The van der Waals surface area contributed by atoms with Crippen LogP contribution in [0.2, 0.25) is 0 Å². The Hall–Kier alpha value is -1.95. The Labute approximate surface area is 141 Å². The molecular weight excluding hydrogens is 309 g/mol. The van der Waals surface area contributed by atoms with Gasteiger partial charge < -0.3 is 10.6 Å². The number of carbonyl (C=O) groups excluding carboxylic acids is 2. The van der Waals surface area contributed by atoms with E-state index in [-0.39, 0.29) is 36.0 Å². The molecule has 2 aliphatic heterocycles. The Bertz CT molecular complexity index is 614. The van der Waals surface area contributed by atoms with E-state index >= 15 is 0 Å². The van der Waals surface area contributed by atoms with Gasteiger partial charge in [0.25, 0.3) is 0 Å². The molecule has 0 aromatic heterocycles. The molecule has 5 nitrogen and oxygen atoms in total. The molecule has 0 spiro atoms. The van der Waals surface area contributed by atoms with Crippen LogP contribution in [0.1, 0.15) is 30.7 Å². The Morgan fingerprint density at radius 3 is 2.50 bits per heavy atom. The maximum Gasteiger partial charge on any atom is 0.231 e. The number of benzene rings is 1. The van der Waals surface area contributed by atoms with Gasteiger partial charge >= 0.3 is 0 Å². The molecule has 2 saturated heterocycles. The minimum Gasteiger partial charge on any atom is -0.369 e. The van der Waals surface area contributed by atoms with E-state index in [4.69, 9.17) is 5.73 Å². The molecule has 1 aromatic carbocycles. The number of carbonyl (C=O) groups is 2. The predicted octanol–water partition coefficient (Wildman–Crippen LogP) is 1.34. The van der Waals surface area contributed by atoms with Crippen LogP contribution >= 0.6 is 0 Å². The molecular formula is C18H24FN3O2. The van der Waals surface area contributed by atoms with Gasteiger partial charge in [0.2, 0.25) is 11.8 Å². The Morgan fingerprint density at radius 1 is 1.12 bits per heavy atom. The van der Waals surface area contributed by atoms with Crippen molar-refractivity contribution in [3.8, 4) is 0 Å². The van der Waals surface area contributed by atoms with E-state index in [1.807, 2.05) is 21.9 Å². The van der Waals surface area contributed by atoms with E-state index in [9.17, 15) is 14.0 Å². The first-order chi connectivity index (χ1) is 11.5. The summed E-state index contributed by atoms with van der Waals surface area (Å²) >= 11 is 0. The van der Waals surface area contributed by atoms with Crippen LogP contribution in [0.4, 0.5) is 4.39 Å². The Kier molecular flexibility index (Phi) is 5.14. The topological polar surface area (TPSA) is 66.6 Å². The van der Waals surface area contributed by atoms with Crippen molar-refractivity contribution in [2.45, 2.75) is 25.2 Å². The molecule has 2 amide bonds. The number of rotatable bonds is 4. The molecule has 1 aromatic rings. The summed E-state index contributed by atoms with van der Waals surface area (Å²) in [5, 5.41) is 0. The third kappa shape index (κ3) is 3.75. The predicted molar refractivity (Wildman–Crippen MR) is 88.7 cm³/mol. The fourth-order valence-electron chi connectivity index (χ4n) is 3.84. The molecule has 0 radical (unpaired) electrons. The highest BCUT2D eigenvalue weighted by atomic mass is 19.1. The molecule has 2 heterocycles. The van der Waals surface area contributed by atoms with Crippen LogP contribution in [0.25, 0.3) is 0 Å². The first-order valence-corrected chi connectivity index (χ1v) is 8.58. The van der Waals surface area contributed by atoms with Crippen molar-refractivity contribution in [3.05, 3.63) is 35.6 Å². The summed E-state index contributed by atoms with van der Waals surface area (Å²) in [6.07, 6.45) is 2.33. The lowest BCUT2D eigenvalue weighted by molar-refractivity contribution is -0.136. The monoisotopic (exact) mass is 333 g/mol. The number of amides is 2. The van der Waals surface area contributed by atoms with E-state index in [0.717, 1.165) is 32.4 Å². The molecule has 130 valence electrons. The fourth-order valence-corrected chi connectivity index (χ4v) is 3.84. The lowest BCUT2D eigenvalue weighted by atomic mass is 9.95. The van der Waals surface area contributed by atoms with Crippen LogP contribution in [0.3, 0.4) is 0 Å². The molecule has 0 bridgehead atoms. The van der Waals surface area contributed by atoms with Crippen LogP contribution in [0.15, 0.2) is 24.3 Å². The summed E-state index contributed by atoms with van der Waals surface area (Å²) < 4.78 is 13.9. The molecule has 6 heteroatoms. The van der Waals surface area contributed by atoms with Gasteiger partial charge in [0, 0.05) is 24.9 Å². The highest BCUT2D eigenvalue weighted by molar-refractivity contribution is 5.79. The van der Waals surface area contributed by atoms with Crippen molar-refractivity contribution in [2.24, 2.45) is 11.7 Å². The SMILES string of the molecule is NC(=O)CN1CCC(C(=O)N2CC[C@@H](c3ccccc3F)C2)CC1. The quantitative estimate of drug-likeness (QED) is 0.904. The molecule has 2 fully saturated rings. The fraction of sp³-hybridized carbons (Fsp3) is 0.556. The van der Waals surface area contributed by atoms with Crippen LogP contribution in [-0.4, -0.2) is 54.3 Å². The van der Waals surface area contributed by atoms with E-state index in [1.165, 1.54) is 6.07 Å². The molecule has 2 aliphatic rings. The highest BCUT2D eigenvalue weighted by Gasteiger charge is 2.34. The van der Waals surface area contributed by atoms with Crippen LogP contribution in [-0.2, 0) is 9.59 Å². The smallest absolute Gasteiger partial charge is 0.231 e. The minimum atomic E-state index is -0.327. The molecule has 24 heavy (non-hydrogen) atoms. The van der Waals surface area contributed by atoms with E-state index in [0.29, 0.717) is 18.7 Å². The number of nitrogens with two attached hydrogens (primary N) is 1. The summed E-state index contributed by atoms with van der Waals surface area (Å²) in [6.45, 7) is 3.01. The van der Waals surface area contributed by atoms with Crippen molar-refractivity contribution in [3.63, 3.8) is 0 Å². The Morgan fingerprint density at radius 2 is 1.83 bits per heavy atom. The molecule has 0 aliphatic carbocycles. The number of halogens is 1. The second kappa shape index (κ2) is 7.30. The van der Waals surface area contributed by atoms with Gasteiger partial charge in [-0.15, -0.1) is 0 Å². The van der Waals surface area contributed by atoms with Crippen LogP contribution in [0, 0.1) is 11.7 Å². The van der Waals surface area contributed by atoms with Crippen molar-refractivity contribution >= 4 is 11.8 Å². The average molecular weight is 333 g/mol. The summed E-state index contributed by atoms with van der Waals surface area (Å²) in [5.41, 5.74) is 5.93. The van der Waals surface area contributed by atoms with Gasteiger partial charge in [-0.3, -0.25) is 14.5 Å². The zero-order valence-electron chi connectivity index (χ0n) is 13.8. The largest absolute Gasteiger partial charge is 0.369 e. The number of hydrogen-bond acceptors (Lipinski definition) is 3. The van der Waals surface area contributed by atoms with Crippen molar-refractivity contribution in [1.82, 2.24) is 9.80 Å². The van der Waals surface area contributed by atoms with Crippen molar-refractivity contribution in [2.75, 3.05) is 32.7 Å². The minimum absolute atomic E-state index is 0.00787. The lowest BCUT2D eigenvalue weighted by Gasteiger charge is -2.32. The first kappa shape index (κ1) is 16.9. The third-order valence-corrected chi connectivity index (χ3v) is 5.16. The lowest BCUT2D eigenvalue weighted by Crippen LogP contribution is -2.44. The molecule has 0 unspecified atom stereocenters. The van der Waals surface area contributed by atoms with Gasteiger partial charge in [-0.2, -0.15) is 0 Å². The standard InChI is InChI=1S/C18H24FN3O2/c19-16-4-2-1-3-15(16)14-7-10-22(11-14)18(24)13-5-8-21(9-6-13)12-17(20)23/h1-4,13-14H,5-12H2,(H2,20,23)/t14-/m1/s1. The maximum atomic E-state index is 13.9. The van der Waals surface area contributed by atoms with Gasteiger partial charge in [0.15, 0.2) is 0 Å². The summed E-state index contributed by atoms with van der Waals surface area (Å²) in [6, 6.07) is 6.83. The molecule has 1 atom stereocenters. The maximum absolute atomic E-state index is 13.9. The van der Waals surface area contributed by atoms with Crippen molar-refractivity contribution in [1.29, 1.82) is 0 Å². The third-order valence-electron chi connectivity index (χ3n) is 5.16. The van der Waals surface area contributed by atoms with E-state index in [1.54, 1.807) is 6.07 Å². The van der Waals surface area contributed by atoms with Gasteiger partial charge in [-0.1, -0.05) is 18.2 Å². The second-order valence-corrected chi connectivity index (χ2v) is 6.81. The Balaban J connectivity index is 1.54. The number of likely N-dealkylation sites (tertiary alicyclic amines) is 2. The molecule has 2 N–H and O–H groups in total. The van der Waals surface area contributed by atoms with Crippen molar-refractivity contribution < 1.29 is 14.0 Å². The summed E-state index contributed by atoms with van der Waals surface area (Å²) in [5.74, 6) is -0.241. The van der Waals surface area contributed by atoms with Crippen LogP contribution in [0.5, 0.6) is 0 Å². The van der Waals surface area contributed by atoms with Crippen LogP contribution < -0.4 is 5.73 Å². The summed E-state index contributed by atoms with van der Waals surface area (Å²) in [4.78, 5) is 27.6. The highest BCUT2D eigenvalue weighted by Crippen LogP contribution is 2.31. The normalized spacial score (nSPS) is 22.7.